The summed E-state index contributed by atoms with van der Waals surface area (Å²) < 4.78 is 0. The summed E-state index contributed by atoms with van der Waals surface area (Å²) in [5, 5.41) is 11.8. The Labute approximate surface area is 113 Å². The van der Waals surface area contributed by atoms with E-state index in [1.165, 1.54) is 4.90 Å². The summed E-state index contributed by atoms with van der Waals surface area (Å²) in [6.45, 7) is 4.01. The maximum Gasteiger partial charge on any atom is 0.144 e. The number of benzene rings is 1. The molecule has 0 saturated heterocycles. The molecular formula is C14H22N2OS. The lowest BCUT2D eigenvalue weighted by Crippen LogP contribution is -2.31. The molecule has 1 aromatic carbocycles. The first kappa shape index (κ1) is 14.9. The van der Waals surface area contributed by atoms with Gasteiger partial charge in [0.25, 0.3) is 0 Å². The molecule has 0 spiro atoms. The number of nitrogens with two attached hydrogens (primary N) is 1. The van der Waals surface area contributed by atoms with E-state index >= 15 is 0 Å². The minimum absolute atomic E-state index is 0.216. The molecule has 1 aromatic rings. The second-order valence-electron chi connectivity index (χ2n) is 4.99. The van der Waals surface area contributed by atoms with Crippen molar-refractivity contribution in [3.63, 3.8) is 0 Å². The molecule has 4 heteroatoms. The van der Waals surface area contributed by atoms with Crippen molar-refractivity contribution in [3.8, 4) is 0 Å². The summed E-state index contributed by atoms with van der Waals surface area (Å²) in [4.78, 5) is 1.31. The summed E-state index contributed by atoms with van der Waals surface area (Å²) in [6.07, 6.45) is 3.17. The lowest BCUT2D eigenvalue weighted by atomic mass is 9.86. The first-order valence-corrected chi connectivity index (χ1v) is 7.20. The first-order chi connectivity index (χ1) is 8.56. The third kappa shape index (κ3) is 5.00. The number of unbranched alkanes of at least 4 members (excludes halogenated alkanes) is 1. The topological polar surface area (TPSA) is 58.6 Å². The van der Waals surface area contributed by atoms with Crippen LogP contribution in [-0.2, 0) is 0 Å². The summed E-state index contributed by atoms with van der Waals surface area (Å²) in [7, 11) is 0. The zero-order chi connectivity index (χ0) is 13.4. The Hall–Kier alpha value is -1.16. The Bertz CT molecular complexity index is 377. The van der Waals surface area contributed by atoms with Gasteiger partial charge in [0.2, 0.25) is 0 Å². The van der Waals surface area contributed by atoms with Gasteiger partial charge < -0.3 is 10.9 Å². The number of thioether (sulfide) groups is 1. The fraction of sp³-hybridized carbons (Fsp3) is 0.500. The van der Waals surface area contributed by atoms with Gasteiger partial charge in [0, 0.05) is 10.3 Å². The van der Waals surface area contributed by atoms with Crippen LogP contribution in [0.3, 0.4) is 0 Å². The zero-order valence-corrected chi connectivity index (χ0v) is 11.9. The molecule has 0 saturated carbocycles. The van der Waals surface area contributed by atoms with Gasteiger partial charge in [-0.25, -0.2) is 0 Å². The average Bonchev–Trinajstić information content (AvgIpc) is 2.38. The van der Waals surface area contributed by atoms with E-state index in [1.807, 2.05) is 31.7 Å². The minimum atomic E-state index is -0.216. The van der Waals surface area contributed by atoms with E-state index in [4.69, 9.17) is 10.9 Å². The lowest BCUT2D eigenvalue weighted by molar-refractivity contribution is 0.304. The van der Waals surface area contributed by atoms with Gasteiger partial charge in [-0.1, -0.05) is 43.6 Å². The highest BCUT2D eigenvalue weighted by Gasteiger charge is 2.22. The van der Waals surface area contributed by atoms with Crippen molar-refractivity contribution in [1.82, 2.24) is 0 Å². The highest BCUT2D eigenvalue weighted by Crippen LogP contribution is 2.25. The molecule has 3 nitrogen and oxygen atoms in total. The number of hydrogen-bond acceptors (Lipinski definition) is 3. The van der Waals surface area contributed by atoms with E-state index < -0.39 is 0 Å². The predicted molar refractivity (Wildman–Crippen MR) is 78.2 cm³/mol. The average molecular weight is 266 g/mol. The van der Waals surface area contributed by atoms with Crippen LogP contribution >= 0.6 is 11.8 Å². The maximum absolute atomic E-state index is 8.68. The molecule has 0 aliphatic heterocycles. The number of hydrogen-bond donors (Lipinski definition) is 2. The van der Waals surface area contributed by atoms with E-state index in [9.17, 15) is 0 Å². The van der Waals surface area contributed by atoms with Gasteiger partial charge in [-0.3, -0.25) is 0 Å². The van der Waals surface area contributed by atoms with Crippen LogP contribution in [0.4, 0.5) is 0 Å². The molecule has 0 aliphatic carbocycles. The molecule has 0 radical (unpaired) electrons. The van der Waals surface area contributed by atoms with Crippen LogP contribution in [0.5, 0.6) is 0 Å². The van der Waals surface area contributed by atoms with E-state index in [1.54, 1.807) is 0 Å². The van der Waals surface area contributed by atoms with Crippen molar-refractivity contribution in [1.29, 1.82) is 0 Å². The van der Waals surface area contributed by atoms with Gasteiger partial charge >= 0.3 is 0 Å². The van der Waals surface area contributed by atoms with E-state index in [-0.39, 0.29) is 5.41 Å². The fourth-order valence-corrected chi connectivity index (χ4v) is 2.57. The maximum atomic E-state index is 8.68. The van der Waals surface area contributed by atoms with Crippen LogP contribution in [0.25, 0.3) is 0 Å². The molecule has 1 rings (SSSR count). The normalized spacial score (nSPS) is 12.7. The van der Waals surface area contributed by atoms with Gasteiger partial charge in [-0.2, -0.15) is 0 Å². The van der Waals surface area contributed by atoms with Gasteiger partial charge in [-0.05, 0) is 30.7 Å². The molecular weight excluding hydrogens is 244 g/mol. The van der Waals surface area contributed by atoms with Crippen LogP contribution in [0.2, 0.25) is 0 Å². The van der Waals surface area contributed by atoms with Crippen molar-refractivity contribution in [2.24, 2.45) is 16.3 Å². The van der Waals surface area contributed by atoms with Crippen molar-refractivity contribution in [2.75, 3.05) is 5.75 Å². The van der Waals surface area contributed by atoms with E-state index in [0.29, 0.717) is 5.84 Å². The molecule has 0 fully saturated rings. The molecule has 0 aromatic heterocycles. The molecule has 0 amide bonds. The van der Waals surface area contributed by atoms with Crippen molar-refractivity contribution in [2.45, 2.75) is 38.0 Å². The van der Waals surface area contributed by atoms with Crippen molar-refractivity contribution >= 4 is 17.6 Å². The third-order valence-electron chi connectivity index (χ3n) is 3.01. The number of oxime groups is 1. The Morgan fingerprint density at radius 2 is 1.94 bits per heavy atom. The first-order valence-electron chi connectivity index (χ1n) is 6.22. The Balaban J connectivity index is 2.20. The summed E-state index contributed by atoms with van der Waals surface area (Å²) >= 11 is 1.87. The smallest absolute Gasteiger partial charge is 0.144 e. The summed E-state index contributed by atoms with van der Waals surface area (Å²) in [5.74, 6) is 1.43. The minimum Gasteiger partial charge on any atom is -0.409 e. The molecule has 0 heterocycles. The number of nitrogens with zero attached hydrogens (tertiary/aromatic N) is 1. The molecule has 3 N–H and O–H groups in total. The monoisotopic (exact) mass is 266 g/mol. The molecule has 100 valence electrons. The van der Waals surface area contributed by atoms with Crippen LogP contribution in [0, 0.1) is 5.41 Å². The van der Waals surface area contributed by atoms with Crippen LogP contribution in [0.15, 0.2) is 40.4 Å². The number of amidine groups is 1. The zero-order valence-electron chi connectivity index (χ0n) is 11.1. The largest absolute Gasteiger partial charge is 0.409 e. The fourth-order valence-electron chi connectivity index (χ4n) is 1.64. The van der Waals surface area contributed by atoms with Gasteiger partial charge in [-0.15, -0.1) is 11.8 Å². The Morgan fingerprint density at radius 1 is 1.28 bits per heavy atom. The third-order valence-corrected chi connectivity index (χ3v) is 4.11. The predicted octanol–water partition coefficient (Wildman–Crippen LogP) is 3.72. The highest BCUT2D eigenvalue weighted by molar-refractivity contribution is 7.99. The van der Waals surface area contributed by atoms with Crippen LogP contribution in [-0.4, -0.2) is 16.8 Å². The number of rotatable bonds is 7. The molecule has 18 heavy (non-hydrogen) atoms. The quantitative estimate of drug-likeness (QED) is 0.197. The molecule has 0 aliphatic rings. The Kier molecular flexibility index (Phi) is 6.05. The van der Waals surface area contributed by atoms with Gasteiger partial charge in [0.15, 0.2) is 0 Å². The SMILES string of the molecule is CC(C)(CCCCSc1ccccc1)/C(N)=N/O. The van der Waals surface area contributed by atoms with Gasteiger partial charge in [0.1, 0.15) is 5.84 Å². The van der Waals surface area contributed by atoms with E-state index in [0.717, 1.165) is 25.0 Å². The standard InChI is InChI=1S/C14H22N2OS/c1-14(2,13(15)16-17)10-6-7-11-18-12-8-4-3-5-9-12/h3-5,8-9,17H,6-7,10-11H2,1-2H3,(H2,15,16). The van der Waals surface area contributed by atoms with Crippen molar-refractivity contribution in [3.05, 3.63) is 30.3 Å². The van der Waals surface area contributed by atoms with E-state index in [2.05, 4.69) is 29.4 Å². The van der Waals surface area contributed by atoms with Crippen molar-refractivity contribution < 1.29 is 5.21 Å². The highest BCUT2D eigenvalue weighted by atomic mass is 32.2. The molecule has 0 atom stereocenters. The lowest BCUT2D eigenvalue weighted by Gasteiger charge is -2.22. The van der Waals surface area contributed by atoms with Gasteiger partial charge in [0.05, 0.1) is 0 Å². The second-order valence-corrected chi connectivity index (χ2v) is 6.16. The Morgan fingerprint density at radius 3 is 2.56 bits per heavy atom. The summed E-state index contributed by atoms with van der Waals surface area (Å²) in [5.41, 5.74) is 5.44. The summed E-state index contributed by atoms with van der Waals surface area (Å²) in [6, 6.07) is 10.4. The molecule has 0 bridgehead atoms. The van der Waals surface area contributed by atoms with Crippen LogP contribution in [0.1, 0.15) is 33.1 Å². The molecule has 0 unspecified atom stereocenters. The second kappa shape index (κ2) is 7.31. The van der Waals surface area contributed by atoms with Crippen LogP contribution < -0.4 is 5.73 Å².